The molecule has 0 saturated heterocycles. The van der Waals surface area contributed by atoms with Gasteiger partial charge < -0.3 is 15.6 Å². The molecule has 0 unspecified atom stereocenters. The molecule has 0 aliphatic rings. The van der Waals surface area contributed by atoms with E-state index in [1.54, 1.807) is 18.6 Å². The lowest BCUT2D eigenvalue weighted by Gasteiger charge is -2.06. The monoisotopic (exact) mass is 282 g/mol. The van der Waals surface area contributed by atoms with E-state index in [4.69, 9.17) is 5.73 Å². The first-order valence-corrected chi connectivity index (χ1v) is 6.49. The minimum absolute atomic E-state index is 0.277. The van der Waals surface area contributed by atoms with Gasteiger partial charge in [-0.25, -0.2) is 4.98 Å². The normalized spacial score (nSPS) is 10.7. The van der Waals surface area contributed by atoms with Crippen LogP contribution in [0.15, 0.2) is 43.0 Å². The highest BCUT2D eigenvalue weighted by Crippen LogP contribution is 2.17. The van der Waals surface area contributed by atoms with Gasteiger partial charge in [-0.1, -0.05) is 0 Å². The standard InChI is InChI=1S/C14H14N6O/c15-12(21)4-7-20-6-3-10-8-17-14(19-13(10)20)18-11-2-1-5-16-9-11/h1-3,5-6,8-9H,4,7H2,(H2,15,21)(H,17,18,19). The first-order chi connectivity index (χ1) is 10.2. The molecule has 106 valence electrons. The fourth-order valence-corrected chi connectivity index (χ4v) is 2.01. The Morgan fingerprint density at radius 2 is 2.24 bits per heavy atom. The number of aryl methyl sites for hydroxylation is 1. The Bertz CT molecular complexity index is 767. The number of hydrogen-bond donors (Lipinski definition) is 2. The number of nitrogens with two attached hydrogens (primary N) is 1. The molecule has 0 aliphatic heterocycles. The molecule has 0 saturated carbocycles. The number of amides is 1. The number of carbonyl (C=O) groups excluding carboxylic acids is 1. The van der Waals surface area contributed by atoms with Gasteiger partial charge in [0.1, 0.15) is 5.65 Å². The van der Waals surface area contributed by atoms with Crippen LogP contribution in [0.25, 0.3) is 11.0 Å². The number of primary amides is 1. The van der Waals surface area contributed by atoms with Crippen molar-refractivity contribution in [3.8, 4) is 0 Å². The summed E-state index contributed by atoms with van der Waals surface area (Å²) in [7, 11) is 0. The second-order valence-electron chi connectivity index (χ2n) is 4.56. The third kappa shape index (κ3) is 2.97. The molecule has 0 fully saturated rings. The number of hydrogen-bond acceptors (Lipinski definition) is 5. The maximum absolute atomic E-state index is 10.9. The van der Waals surface area contributed by atoms with Crippen LogP contribution in [0.3, 0.4) is 0 Å². The predicted molar refractivity (Wildman–Crippen MR) is 78.9 cm³/mol. The second kappa shape index (κ2) is 5.58. The average molecular weight is 282 g/mol. The maximum Gasteiger partial charge on any atom is 0.229 e. The minimum atomic E-state index is -0.334. The average Bonchev–Trinajstić information content (AvgIpc) is 2.88. The smallest absolute Gasteiger partial charge is 0.229 e. The van der Waals surface area contributed by atoms with E-state index in [2.05, 4.69) is 20.3 Å². The van der Waals surface area contributed by atoms with Gasteiger partial charge in [0.2, 0.25) is 11.9 Å². The molecule has 0 aliphatic carbocycles. The van der Waals surface area contributed by atoms with Gasteiger partial charge in [-0.05, 0) is 18.2 Å². The fraction of sp³-hybridized carbons (Fsp3) is 0.143. The fourth-order valence-electron chi connectivity index (χ4n) is 2.01. The largest absolute Gasteiger partial charge is 0.370 e. The van der Waals surface area contributed by atoms with Crippen LogP contribution in [0.2, 0.25) is 0 Å². The molecular weight excluding hydrogens is 268 g/mol. The zero-order chi connectivity index (χ0) is 14.7. The van der Waals surface area contributed by atoms with Crippen LogP contribution in [-0.2, 0) is 11.3 Å². The Morgan fingerprint density at radius 3 is 3.00 bits per heavy atom. The Morgan fingerprint density at radius 1 is 1.33 bits per heavy atom. The molecule has 0 radical (unpaired) electrons. The topological polar surface area (TPSA) is 98.7 Å². The van der Waals surface area contributed by atoms with Crippen LogP contribution >= 0.6 is 0 Å². The molecule has 0 spiro atoms. The lowest BCUT2D eigenvalue weighted by Crippen LogP contribution is -2.13. The third-order valence-corrected chi connectivity index (χ3v) is 3.02. The number of carbonyl (C=O) groups is 1. The number of pyridine rings is 1. The number of rotatable bonds is 5. The zero-order valence-electron chi connectivity index (χ0n) is 11.2. The van der Waals surface area contributed by atoms with Crippen LogP contribution in [0.5, 0.6) is 0 Å². The summed E-state index contributed by atoms with van der Waals surface area (Å²) in [6, 6.07) is 5.62. The molecule has 7 heteroatoms. The van der Waals surface area contributed by atoms with Gasteiger partial charge in [0, 0.05) is 36.9 Å². The molecular formula is C14H14N6O. The minimum Gasteiger partial charge on any atom is -0.370 e. The molecule has 1 amide bonds. The number of anilines is 2. The molecule has 3 aromatic heterocycles. The van der Waals surface area contributed by atoms with Crippen molar-refractivity contribution >= 4 is 28.6 Å². The number of fused-ring (bicyclic) bond motifs is 1. The maximum atomic E-state index is 10.9. The van der Waals surface area contributed by atoms with Crippen molar-refractivity contribution in [2.24, 2.45) is 5.73 Å². The molecule has 3 aromatic rings. The number of nitrogens with one attached hydrogen (secondary N) is 1. The molecule has 0 bridgehead atoms. The molecule has 0 atom stereocenters. The molecule has 3 rings (SSSR count). The Kier molecular flexibility index (Phi) is 3.46. The van der Waals surface area contributed by atoms with Gasteiger partial charge in [0.05, 0.1) is 11.9 Å². The zero-order valence-corrected chi connectivity index (χ0v) is 11.2. The lowest BCUT2D eigenvalue weighted by atomic mass is 10.4. The number of nitrogens with zero attached hydrogens (tertiary/aromatic N) is 4. The Balaban J connectivity index is 1.87. The van der Waals surface area contributed by atoms with E-state index in [9.17, 15) is 4.79 Å². The van der Waals surface area contributed by atoms with Crippen molar-refractivity contribution < 1.29 is 4.79 Å². The van der Waals surface area contributed by atoms with Crippen LogP contribution < -0.4 is 11.1 Å². The van der Waals surface area contributed by atoms with Gasteiger partial charge in [-0.2, -0.15) is 4.98 Å². The van der Waals surface area contributed by atoms with Crippen LogP contribution in [0, 0.1) is 0 Å². The van der Waals surface area contributed by atoms with Crippen LogP contribution in [-0.4, -0.2) is 25.4 Å². The van der Waals surface area contributed by atoms with Gasteiger partial charge in [-0.15, -0.1) is 0 Å². The summed E-state index contributed by atoms with van der Waals surface area (Å²) < 4.78 is 1.89. The highest BCUT2D eigenvalue weighted by Gasteiger charge is 2.06. The third-order valence-electron chi connectivity index (χ3n) is 3.02. The van der Waals surface area contributed by atoms with E-state index in [0.29, 0.717) is 12.5 Å². The lowest BCUT2D eigenvalue weighted by molar-refractivity contribution is -0.118. The highest BCUT2D eigenvalue weighted by atomic mass is 16.1. The molecule has 21 heavy (non-hydrogen) atoms. The summed E-state index contributed by atoms with van der Waals surface area (Å²) in [4.78, 5) is 23.6. The first kappa shape index (κ1) is 13.0. The van der Waals surface area contributed by atoms with Gasteiger partial charge >= 0.3 is 0 Å². The van der Waals surface area contributed by atoms with E-state index in [1.165, 1.54) is 0 Å². The predicted octanol–water partition coefficient (Wildman–Crippen LogP) is 1.45. The summed E-state index contributed by atoms with van der Waals surface area (Å²) >= 11 is 0. The Labute approximate surface area is 120 Å². The summed E-state index contributed by atoms with van der Waals surface area (Å²) in [5, 5.41) is 4.00. The summed E-state index contributed by atoms with van der Waals surface area (Å²) in [6.45, 7) is 0.502. The van der Waals surface area contributed by atoms with Crippen molar-refractivity contribution in [2.45, 2.75) is 13.0 Å². The van der Waals surface area contributed by atoms with Crippen molar-refractivity contribution in [3.05, 3.63) is 43.0 Å². The van der Waals surface area contributed by atoms with Crippen LogP contribution in [0.4, 0.5) is 11.6 Å². The molecule has 0 aromatic carbocycles. The summed E-state index contributed by atoms with van der Waals surface area (Å²) in [6.07, 6.45) is 7.28. The van der Waals surface area contributed by atoms with Gasteiger partial charge in [0.15, 0.2) is 0 Å². The second-order valence-corrected chi connectivity index (χ2v) is 4.56. The molecule has 3 N–H and O–H groups in total. The van der Waals surface area contributed by atoms with E-state index in [0.717, 1.165) is 16.7 Å². The molecule has 3 heterocycles. The van der Waals surface area contributed by atoms with Crippen molar-refractivity contribution in [3.63, 3.8) is 0 Å². The summed E-state index contributed by atoms with van der Waals surface area (Å²) in [5.41, 5.74) is 6.75. The van der Waals surface area contributed by atoms with Gasteiger partial charge in [-0.3, -0.25) is 9.78 Å². The van der Waals surface area contributed by atoms with Crippen molar-refractivity contribution in [2.75, 3.05) is 5.32 Å². The number of aromatic nitrogens is 4. The molecule has 7 nitrogen and oxygen atoms in total. The quantitative estimate of drug-likeness (QED) is 0.738. The van der Waals surface area contributed by atoms with Crippen molar-refractivity contribution in [1.29, 1.82) is 0 Å². The van der Waals surface area contributed by atoms with E-state index in [1.807, 2.05) is 29.0 Å². The Hall–Kier alpha value is -2.96. The van der Waals surface area contributed by atoms with E-state index >= 15 is 0 Å². The van der Waals surface area contributed by atoms with Crippen LogP contribution in [0.1, 0.15) is 6.42 Å². The summed E-state index contributed by atoms with van der Waals surface area (Å²) in [5.74, 6) is 0.147. The first-order valence-electron chi connectivity index (χ1n) is 6.49. The van der Waals surface area contributed by atoms with Crippen molar-refractivity contribution in [1.82, 2.24) is 19.5 Å². The van der Waals surface area contributed by atoms with E-state index < -0.39 is 0 Å². The van der Waals surface area contributed by atoms with Gasteiger partial charge in [0.25, 0.3) is 0 Å². The highest BCUT2D eigenvalue weighted by molar-refractivity contribution is 5.77. The van der Waals surface area contributed by atoms with E-state index in [-0.39, 0.29) is 12.3 Å². The SMILES string of the molecule is NC(=O)CCn1ccc2cnc(Nc3cccnc3)nc21.